The van der Waals surface area contributed by atoms with E-state index in [9.17, 15) is 10.1 Å². The summed E-state index contributed by atoms with van der Waals surface area (Å²) in [7, 11) is 0. The van der Waals surface area contributed by atoms with Crippen molar-refractivity contribution in [1.82, 2.24) is 10.3 Å². The SMILES string of the molecule is CC(C)C(C)(C)CNc1ccc([N+](=O)[O-])c2nonc12. The van der Waals surface area contributed by atoms with Crippen molar-refractivity contribution < 1.29 is 9.55 Å². The van der Waals surface area contributed by atoms with Gasteiger partial charge < -0.3 is 5.32 Å². The van der Waals surface area contributed by atoms with Gasteiger partial charge in [0.15, 0.2) is 5.52 Å². The smallest absolute Gasteiger partial charge is 0.300 e. The Labute approximate surface area is 116 Å². The van der Waals surface area contributed by atoms with E-state index in [0.29, 0.717) is 17.1 Å². The number of benzene rings is 1. The molecule has 0 saturated carbocycles. The van der Waals surface area contributed by atoms with Gasteiger partial charge in [-0.2, -0.15) is 0 Å². The van der Waals surface area contributed by atoms with Crippen LogP contribution in [0, 0.1) is 21.4 Å². The van der Waals surface area contributed by atoms with Crippen LogP contribution in [0.25, 0.3) is 11.0 Å². The summed E-state index contributed by atoms with van der Waals surface area (Å²) in [6, 6.07) is 3.05. The van der Waals surface area contributed by atoms with Gasteiger partial charge in [-0.15, -0.1) is 0 Å². The van der Waals surface area contributed by atoms with Crippen molar-refractivity contribution in [3.05, 3.63) is 22.2 Å². The van der Waals surface area contributed by atoms with E-state index >= 15 is 0 Å². The van der Waals surface area contributed by atoms with E-state index in [2.05, 4.69) is 48.0 Å². The Morgan fingerprint density at radius 1 is 1.35 bits per heavy atom. The molecule has 108 valence electrons. The van der Waals surface area contributed by atoms with Gasteiger partial charge in [0, 0.05) is 12.6 Å². The normalized spacial score (nSPS) is 12.1. The number of nitro groups is 1. The predicted molar refractivity (Wildman–Crippen MR) is 75.6 cm³/mol. The zero-order valence-electron chi connectivity index (χ0n) is 12.0. The number of aromatic nitrogens is 2. The molecule has 1 aromatic heterocycles. The fourth-order valence-electron chi connectivity index (χ4n) is 1.67. The molecule has 1 N–H and O–H groups in total. The average Bonchev–Trinajstić information content (AvgIpc) is 2.84. The Kier molecular flexibility index (Phi) is 3.61. The maximum Gasteiger partial charge on any atom is 0.300 e. The van der Waals surface area contributed by atoms with Crippen LogP contribution in [0.3, 0.4) is 0 Å². The van der Waals surface area contributed by atoms with Crippen molar-refractivity contribution >= 4 is 22.4 Å². The van der Waals surface area contributed by atoms with E-state index in [1.165, 1.54) is 6.07 Å². The maximum atomic E-state index is 10.9. The fourth-order valence-corrected chi connectivity index (χ4v) is 1.67. The molecular formula is C13H18N4O3. The minimum Gasteiger partial charge on any atom is -0.383 e. The first-order valence-electron chi connectivity index (χ1n) is 6.46. The van der Waals surface area contributed by atoms with Crippen molar-refractivity contribution in [2.75, 3.05) is 11.9 Å². The van der Waals surface area contributed by atoms with Crippen LogP contribution >= 0.6 is 0 Å². The number of non-ortho nitro benzene ring substituents is 1. The van der Waals surface area contributed by atoms with Gasteiger partial charge in [0.2, 0.25) is 5.52 Å². The van der Waals surface area contributed by atoms with E-state index in [1.54, 1.807) is 6.07 Å². The van der Waals surface area contributed by atoms with Gasteiger partial charge in [0.1, 0.15) is 0 Å². The summed E-state index contributed by atoms with van der Waals surface area (Å²) < 4.78 is 4.63. The van der Waals surface area contributed by atoms with Crippen molar-refractivity contribution in [3.63, 3.8) is 0 Å². The molecule has 0 aliphatic rings. The predicted octanol–water partition coefficient (Wildman–Crippen LogP) is 3.23. The van der Waals surface area contributed by atoms with Crippen LogP contribution in [-0.2, 0) is 0 Å². The third kappa shape index (κ3) is 2.56. The lowest BCUT2D eigenvalue weighted by Gasteiger charge is -2.29. The first kappa shape index (κ1) is 14.2. The zero-order chi connectivity index (χ0) is 14.9. The van der Waals surface area contributed by atoms with Crippen molar-refractivity contribution in [3.8, 4) is 0 Å². The summed E-state index contributed by atoms with van der Waals surface area (Å²) in [4.78, 5) is 10.4. The lowest BCUT2D eigenvalue weighted by molar-refractivity contribution is -0.383. The highest BCUT2D eigenvalue weighted by atomic mass is 16.6. The molecule has 1 aromatic carbocycles. The number of nitrogens with one attached hydrogen (secondary N) is 1. The molecule has 0 radical (unpaired) electrons. The van der Waals surface area contributed by atoms with Gasteiger partial charge in [-0.1, -0.05) is 27.7 Å². The molecular weight excluding hydrogens is 260 g/mol. The summed E-state index contributed by atoms with van der Waals surface area (Å²) >= 11 is 0. The second-order valence-electron chi connectivity index (χ2n) is 5.85. The minimum absolute atomic E-state index is 0.0886. The molecule has 0 bridgehead atoms. The number of hydrogen-bond acceptors (Lipinski definition) is 6. The van der Waals surface area contributed by atoms with E-state index in [1.807, 2.05) is 0 Å². The summed E-state index contributed by atoms with van der Waals surface area (Å²) in [5, 5.41) is 21.5. The Morgan fingerprint density at radius 2 is 2.00 bits per heavy atom. The second-order valence-corrected chi connectivity index (χ2v) is 5.85. The van der Waals surface area contributed by atoms with Crippen LogP contribution in [0.15, 0.2) is 16.8 Å². The Morgan fingerprint density at radius 3 is 2.60 bits per heavy atom. The van der Waals surface area contributed by atoms with Crippen molar-refractivity contribution in [2.45, 2.75) is 27.7 Å². The van der Waals surface area contributed by atoms with E-state index in [0.717, 1.165) is 6.54 Å². The van der Waals surface area contributed by atoms with Gasteiger partial charge in [-0.25, -0.2) is 4.63 Å². The number of hydrogen-bond donors (Lipinski definition) is 1. The van der Waals surface area contributed by atoms with Gasteiger partial charge >= 0.3 is 5.69 Å². The van der Waals surface area contributed by atoms with E-state index in [4.69, 9.17) is 0 Å². The third-order valence-electron chi connectivity index (χ3n) is 3.89. The minimum atomic E-state index is -0.492. The molecule has 0 atom stereocenters. The van der Waals surface area contributed by atoms with E-state index in [-0.39, 0.29) is 16.6 Å². The molecule has 0 aliphatic carbocycles. The van der Waals surface area contributed by atoms with Crippen LogP contribution in [0.1, 0.15) is 27.7 Å². The van der Waals surface area contributed by atoms with Gasteiger partial charge in [-0.3, -0.25) is 10.1 Å². The first-order valence-corrected chi connectivity index (χ1v) is 6.46. The molecule has 2 rings (SSSR count). The van der Waals surface area contributed by atoms with Crippen LogP contribution in [0.4, 0.5) is 11.4 Å². The first-order chi connectivity index (χ1) is 9.33. The summed E-state index contributed by atoms with van der Waals surface area (Å²) in [5.41, 5.74) is 1.24. The van der Waals surface area contributed by atoms with Crippen LogP contribution in [0.5, 0.6) is 0 Å². The van der Waals surface area contributed by atoms with Gasteiger partial charge in [-0.05, 0) is 27.7 Å². The summed E-state index contributed by atoms with van der Waals surface area (Å²) in [6.07, 6.45) is 0. The van der Waals surface area contributed by atoms with Gasteiger partial charge in [0.25, 0.3) is 0 Å². The molecule has 0 amide bonds. The highest BCUT2D eigenvalue weighted by Crippen LogP contribution is 2.31. The summed E-state index contributed by atoms with van der Waals surface area (Å²) in [5.74, 6) is 0.499. The van der Waals surface area contributed by atoms with E-state index < -0.39 is 4.92 Å². The molecule has 0 aliphatic heterocycles. The monoisotopic (exact) mass is 278 g/mol. The summed E-state index contributed by atoms with van der Waals surface area (Å²) in [6.45, 7) is 9.36. The highest BCUT2D eigenvalue weighted by molar-refractivity contribution is 5.93. The van der Waals surface area contributed by atoms with Crippen LogP contribution in [0.2, 0.25) is 0 Å². The molecule has 20 heavy (non-hydrogen) atoms. The number of anilines is 1. The molecule has 2 aromatic rings. The Balaban J connectivity index is 2.31. The van der Waals surface area contributed by atoms with Crippen molar-refractivity contribution in [1.29, 1.82) is 0 Å². The molecule has 0 fully saturated rings. The van der Waals surface area contributed by atoms with Gasteiger partial charge in [0.05, 0.1) is 10.6 Å². The van der Waals surface area contributed by atoms with Crippen molar-refractivity contribution in [2.24, 2.45) is 11.3 Å². The molecule has 0 spiro atoms. The molecule has 0 saturated heterocycles. The molecule has 0 unspecified atom stereocenters. The quantitative estimate of drug-likeness (QED) is 0.666. The molecule has 7 heteroatoms. The zero-order valence-corrected chi connectivity index (χ0v) is 12.0. The number of rotatable bonds is 5. The lowest BCUT2D eigenvalue weighted by atomic mass is 9.81. The topological polar surface area (TPSA) is 94.1 Å². The Bertz CT molecular complexity index is 634. The number of fused-ring (bicyclic) bond motifs is 1. The standard InChI is InChI=1S/C13H18N4O3/c1-8(2)13(3,4)7-14-9-5-6-10(17(18)19)12-11(9)15-20-16-12/h5-6,8,14H,7H2,1-4H3. The maximum absolute atomic E-state index is 10.9. The largest absolute Gasteiger partial charge is 0.383 e. The van der Waals surface area contributed by atoms with Crippen LogP contribution in [-0.4, -0.2) is 21.8 Å². The molecule has 7 nitrogen and oxygen atoms in total. The Hall–Kier alpha value is -2.18. The molecule has 1 heterocycles. The lowest BCUT2D eigenvalue weighted by Crippen LogP contribution is -2.28. The highest BCUT2D eigenvalue weighted by Gasteiger charge is 2.24. The fraction of sp³-hybridized carbons (Fsp3) is 0.538. The third-order valence-corrected chi connectivity index (χ3v) is 3.89. The number of nitrogens with zero attached hydrogens (tertiary/aromatic N) is 3. The number of nitro benzene ring substituents is 1. The van der Waals surface area contributed by atoms with Crippen LogP contribution < -0.4 is 5.32 Å². The second kappa shape index (κ2) is 5.07. The average molecular weight is 278 g/mol.